The van der Waals surface area contributed by atoms with Gasteiger partial charge < -0.3 is 5.84 Å². The van der Waals surface area contributed by atoms with Crippen molar-refractivity contribution < 1.29 is 0 Å². The van der Waals surface area contributed by atoms with Gasteiger partial charge in [0.25, 0.3) is 0 Å². The van der Waals surface area contributed by atoms with Crippen LogP contribution in [-0.4, -0.2) is 24.7 Å². The van der Waals surface area contributed by atoms with Crippen LogP contribution in [0.2, 0.25) is 0 Å². The summed E-state index contributed by atoms with van der Waals surface area (Å²) < 4.78 is 2.47. The zero-order valence-corrected chi connectivity index (χ0v) is 9.39. The quantitative estimate of drug-likeness (QED) is 0.626. The Morgan fingerprint density at radius 1 is 1.22 bits per heavy atom. The van der Waals surface area contributed by atoms with Crippen molar-refractivity contribution in [2.24, 2.45) is 0 Å². The van der Waals surface area contributed by atoms with E-state index in [0.29, 0.717) is 12.2 Å². The van der Waals surface area contributed by atoms with Gasteiger partial charge in [0, 0.05) is 0 Å². The Morgan fingerprint density at radius 3 is 2.78 bits per heavy atom. The standard InChI is InChI=1S/C11H10N6O/c12-16-7-13-10-9(11(16)18)14-15-17(10)6-8-4-2-1-3-5-8/h1-5,7H,6,12H2. The number of rotatable bonds is 2. The minimum absolute atomic E-state index is 0.177. The molecule has 0 bridgehead atoms. The molecular formula is C11H10N6O. The van der Waals surface area contributed by atoms with Gasteiger partial charge in [0.2, 0.25) is 0 Å². The van der Waals surface area contributed by atoms with Gasteiger partial charge in [0.1, 0.15) is 6.33 Å². The van der Waals surface area contributed by atoms with E-state index in [1.165, 1.54) is 6.33 Å². The molecule has 2 N–H and O–H groups in total. The zero-order valence-electron chi connectivity index (χ0n) is 9.39. The highest BCUT2D eigenvalue weighted by molar-refractivity contribution is 5.67. The molecule has 3 rings (SSSR count). The molecule has 0 unspecified atom stereocenters. The SMILES string of the molecule is Nn1cnc2c(nnn2Cc2ccccc2)c1=O. The Hall–Kier alpha value is -2.70. The summed E-state index contributed by atoms with van der Waals surface area (Å²) in [4.78, 5) is 15.7. The highest BCUT2D eigenvalue weighted by Crippen LogP contribution is 2.06. The van der Waals surface area contributed by atoms with Crippen molar-refractivity contribution in [2.45, 2.75) is 6.54 Å². The van der Waals surface area contributed by atoms with Gasteiger partial charge >= 0.3 is 5.56 Å². The van der Waals surface area contributed by atoms with Gasteiger partial charge in [0.05, 0.1) is 6.54 Å². The lowest BCUT2D eigenvalue weighted by molar-refractivity contribution is 0.663. The summed E-state index contributed by atoms with van der Waals surface area (Å²) in [5, 5.41) is 7.74. The van der Waals surface area contributed by atoms with E-state index >= 15 is 0 Å². The molecule has 0 aliphatic carbocycles. The van der Waals surface area contributed by atoms with Crippen molar-refractivity contribution in [2.75, 3.05) is 5.84 Å². The molecule has 0 aliphatic rings. The highest BCUT2D eigenvalue weighted by Gasteiger charge is 2.10. The lowest BCUT2D eigenvalue weighted by Gasteiger charge is -2.01. The topological polar surface area (TPSA) is 91.6 Å². The van der Waals surface area contributed by atoms with Gasteiger partial charge in [-0.05, 0) is 5.56 Å². The average Bonchev–Trinajstić information content (AvgIpc) is 2.79. The van der Waals surface area contributed by atoms with E-state index in [1.807, 2.05) is 30.3 Å². The van der Waals surface area contributed by atoms with Crippen molar-refractivity contribution >= 4 is 11.2 Å². The van der Waals surface area contributed by atoms with E-state index in [1.54, 1.807) is 4.68 Å². The average molecular weight is 242 g/mol. The van der Waals surface area contributed by atoms with Gasteiger partial charge in [-0.15, -0.1) is 5.10 Å². The third kappa shape index (κ3) is 1.61. The van der Waals surface area contributed by atoms with E-state index < -0.39 is 5.56 Å². The van der Waals surface area contributed by atoms with Crippen LogP contribution in [0.4, 0.5) is 0 Å². The summed E-state index contributed by atoms with van der Waals surface area (Å²) in [5.41, 5.74) is 1.27. The molecule has 3 aromatic rings. The molecular weight excluding hydrogens is 232 g/mol. The van der Waals surface area contributed by atoms with E-state index in [0.717, 1.165) is 10.2 Å². The zero-order chi connectivity index (χ0) is 12.5. The van der Waals surface area contributed by atoms with Crippen LogP contribution in [0.15, 0.2) is 41.5 Å². The van der Waals surface area contributed by atoms with Crippen molar-refractivity contribution in [3.8, 4) is 0 Å². The third-order valence-electron chi connectivity index (χ3n) is 2.63. The molecule has 1 aromatic carbocycles. The number of fused-ring (bicyclic) bond motifs is 1. The molecule has 90 valence electrons. The Kier molecular flexibility index (Phi) is 2.30. The maximum Gasteiger partial charge on any atom is 0.301 e. The molecule has 0 radical (unpaired) electrons. The molecule has 0 fully saturated rings. The summed E-state index contributed by atoms with van der Waals surface area (Å²) in [5.74, 6) is 5.41. The Bertz CT molecular complexity index is 745. The summed E-state index contributed by atoms with van der Waals surface area (Å²) in [6, 6.07) is 9.76. The smallest absolute Gasteiger partial charge is 0.301 e. The molecule has 0 aliphatic heterocycles. The van der Waals surface area contributed by atoms with Crippen LogP contribution in [0.1, 0.15) is 5.56 Å². The van der Waals surface area contributed by atoms with Gasteiger partial charge in [0.15, 0.2) is 11.2 Å². The first-order valence-electron chi connectivity index (χ1n) is 5.35. The largest absolute Gasteiger partial charge is 0.335 e. The van der Waals surface area contributed by atoms with Crippen LogP contribution < -0.4 is 11.4 Å². The van der Waals surface area contributed by atoms with Gasteiger partial charge in [-0.1, -0.05) is 35.5 Å². The number of nitrogens with zero attached hydrogens (tertiary/aromatic N) is 5. The summed E-state index contributed by atoms with van der Waals surface area (Å²) in [6.45, 7) is 0.512. The molecule has 0 amide bonds. The predicted molar refractivity (Wildman–Crippen MR) is 65.3 cm³/mol. The molecule has 0 atom stereocenters. The Labute approximate surface area is 101 Å². The van der Waals surface area contributed by atoms with Crippen molar-refractivity contribution in [3.63, 3.8) is 0 Å². The number of nitrogen functional groups attached to an aromatic ring is 1. The molecule has 2 heterocycles. The second kappa shape index (κ2) is 3.95. The molecule has 0 spiro atoms. The summed E-state index contributed by atoms with van der Waals surface area (Å²) in [7, 11) is 0. The first-order valence-corrected chi connectivity index (χ1v) is 5.35. The number of hydrogen-bond donors (Lipinski definition) is 1. The minimum atomic E-state index is -0.403. The molecule has 7 nitrogen and oxygen atoms in total. The maximum absolute atomic E-state index is 11.7. The van der Waals surface area contributed by atoms with E-state index in [9.17, 15) is 4.79 Å². The number of benzene rings is 1. The highest BCUT2D eigenvalue weighted by atomic mass is 16.1. The van der Waals surface area contributed by atoms with Crippen molar-refractivity contribution in [1.82, 2.24) is 24.7 Å². The van der Waals surface area contributed by atoms with Crippen LogP contribution in [0, 0.1) is 0 Å². The molecule has 2 aromatic heterocycles. The van der Waals surface area contributed by atoms with Crippen LogP contribution in [-0.2, 0) is 6.54 Å². The van der Waals surface area contributed by atoms with Gasteiger partial charge in [-0.25, -0.2) is 14.3 Å². The van der Waals surface area contributed by atoms with Crippen molar-refractivity contribution in [3.05, 3.63) is 52.6 Å². The van der Waals surface area contributed by atoms with E-state index in [-0.39, 0.29) is 5.52 Å². The monoisotopic (exact) mass is 242 g/mol. The van der Waals surface area contributed by atoms with E-state index in [4.69, 9.17) is 5.84 Å². The van der Waals surface area contributed by atoms with Gasteiger partial charge in [-0.2, -0.15) is 0 Å². The summed E-state index contributed by atoms with van der Waals surface area (Å²) in [6.07, 6.45) is 1.26. The second-order valence-corrected chi connectivity index (χ2v) is 3.86. The first kappa shape index (κ1) is 10.5. The molecule has 18 heavy (non-hydrogen) atoms. The lowest BCUT2D eigenvalue weighted by atomic mass is 10.2. The number of aromatic nitrogens is 5. The molecule has 0 saturated heterocycles. The van der Waals surface area contributed by atoms with Crippen LogP contribution in [0.3, 0.4) is 0 Å². The first-order chi connectivity index (χ1) is 8.75. The van der Waals surface area contributed by atoms with E-state index in [2.05, 4.69) is 15.3 Å². The lowest BCUT2D eigenvalue weighted by Crippen LogP contribution is -2.27. The fourth-order valence-electron chi connectivity index (χ4n) is 1.73. The number of hydrogen-bond acceptors (Lipinski definition) is 5. The van der Waals surface area contributed by atoms with Crippen molar-refractivity contribution in [1.29, 1.82) is 0 Å². The summed E-state index contributed by atoms with van der Waals surface area (Å²) >= 11 is 0. The number of nitrogens with two attached hydrogens (primary N) is 1. The van der Waals surface area contributed by atoms with Gasteiger partial charge in [-0.3, -0.25) is 4.79 Å². The fourth-order valence-corrected chi connectivity index (χ4v) is 1.73. The molecule has 7 heteroatoms. The Morgan fingerprint density at radius 2 is 2.00 bits per heavy atom. The maximum atomic E-state index is 11.7. The third-order valence-corrected chi connectivity index (χ3v) is 2.63. The normalized spacial score (nSPS) is 10.9. The van der Waals surface area contributed by atoms with Crippen LogP contribution >= 0.6 is 0 Å². The minimum Gasteiger partial charge on any atom is -0.335 e. The Balaban J connectivity index is 2.09. The molecule has 0 saturated carbocycles. The van der Waals surface area contributed by atoms with Crippen LogP contribution in [0.25, 0.3) is 11.2 Å². The van der Waals surface area contributed by atoms with Crippen LogP contribution in [0.5, 0.6) is 0 Å². The second-order valence-electron chi connectivity index (χ2n) is 3.86. The predicted octanol–water partition coefficient (Wildman–Crippen LogP) is -0.250. The fraction of sp³-hybridized carbons (Fsp3) is 0.0909.